The molecule has 1 aliphatic rings. The van der Waals surface area contributed by atoms with Crippen molar-refractivity contribution in [2.45, 2.75) is 52.1 Å². The van der Waals surface area contributed by atoms with Gasteiger partial charge in [0.25, 0.3) is 0 Å². The number of halogens is 1. The number of carbonyl (C=O) groups excluding carboxylic acids is 2. The number of nitrogens with two attached hydrogens (primary N) is 1. The Bertz CT molecular complexity index is 608. The van der Waals surface area contributed by atoms with Gasteiger partial charge < -0.3 is 16.0 Å². The van der Waals surface area contributed by atoms with E-state index in [1.54, 1.807) is 0 Å². The fourth-order valence-electron chi connectivity index (χ4n) is 3.68. The molecule has 1 aromatic carbocycles. The molecule has 0 aromatic heterocycles. The van der Waals surface area contributed by atoms with E-state index < -0.39 is 5.54 Å². The summed E-state index contributed by atoms with van der Waals surface area (Å²) >= 11 is 0. The van der Waals surface area contributed by atoms with Gasteiger partial charge in [0.2, 0.25) is 11.8 Å². The number of hydrogen-bond donors (Lipinski definition) is 2. The normalized spacial score (nSPS) is 20.5. The van der Waals surface area contributed by atoms with Crippen molar-refractivity contribution in [3.8, 4) is 0 Å². The van der Waals surface area contributed by atoms with Crippen LogP contribution in [0, 0.1) is 11.8 Å². The Hall–Kier alpha value is -1.59. The van der Waals surface area contributed by atoms with Gasteiger partial charge in [0.15, 0.2) is 0 Å². The highest BCUT2D eigenvalue weighted by Crippen LogP contribution is 2.29. The van der Waals surface area contributed by atoms with Crippen molar-refractivity contribution in [1.82, 2.24) is 10.2 Å². The molecule has 1 saturated heterocycles. The van der Waals surface area contributed by atoms with Crippen LogP contribution in [-0.2, 0) is 9.59 Å². The van der Waals surface area contributed by atoms with Crippen LogP contribution in [0.4, 0.5) is 0 Å². The molecular weight excluding hydrogens is 350 g/mol. The molecule has 1 aromatic rings. The molecule has 146 valence electrons. The Morgan fingerprint density at radius 1 is 1.31 bits per heavy atom. The lowest BCUT2D eigenvalue weighted by Gasteiger charge is -2.32. The third-order valence-corrected chi connectivity index (χ3v) is 5.01. The summed E-state index contributed by atoms with van der Waals surface area (Å²) < 4.78 is 0. The maximum Gasteiger partial charge on any atom is 0.225 e. The molecule has 1 aliphatic heterocycles. The molecule has 0 bridgehead atoms. The lowest BCUT2D eigenvalue weighted by molar-refractivity contribution is -0.130. The van der Waals surface area contributed by atoms with Gasteiger partial charge >= 0.3 is 0 Å². The van der Waals surface area contributed by atoms with Gasteiger partial charge in [0.1, 0.15) is 0 Å². The zero-order valence-electron chi connectivity index (χ0n) is 16.2. The Morgan fingerprint density at radius 2 is 1.92 bits per heavy atom. The Labute approximate surface area is 163 Å². The Kier molecular flexibility index (Phi) is 8.10. The molecule has 2 rings (SSSR count). The fraction of sp³-hybridized carbons (Fsp3) is 0.600. The molecule has 3 unspecified atom stereocenters. The molecule has 3 N–H and O–H groups in total. The standard InChI is InChI=1S/C20H31N3O2.ClH/c1-14(2)11-20(4,13-21)22-19(25)17-10-18(24)23(12-17)15(3)16-8-6-5-7-9-16;/h5-9,14-15,17H,10-13,21H2,1-4H3,(H,22,25);1H. The van der Waals surface area contributed by atoms with Crippen LogP contribution in [0.1, 0.15) is 52.1 Å². The molecule has 1 fully saturated rings. The summed E-state index contributed by atoms with van der Waals surface area (Å²) in [6, 6.07) is 9.90. The molecule has 5 nitrogen and oxygen atoms in total. The van der Waals surface area contributed by atoms with E-state index in [1.165, 1.54) is 0 Å². The number of benzene rings is 1. The third kappa shape index (κ3) is 5.45. The van der Waals surface area contributed by atoms with E-state index in [9.17, 15) is 9.59 Å². The largest absolute Gasteiger partial charge is 0.349 e. The van der Waals surface area contributed by atoms with Crippen LogP contribution in [0.15, 0.2) is 30.3 Å². The molecule has 0 spiro atoms. The number of likely N-dealkylation sites (tertiary alicyclic amines) is 1. The maximum atomic E-state index is 12.7. The van der Waals surface area contributed by atoms with E-state index in [0.29, 0.717) is 19.0 Å². The topological polar surface area (TPSA) is 75.4 Å². The van der Waals surface area contributed by atoms with Crippen LogP contribution < -0.4 is 11.1 Å². The van der Waals surface area contributed by atoms with Gasteiger partial charge in [0.05, 0.1) is 12.0 Å². The van der Waals surface area contributed by atoms with Crippen LogP contribution in [-0.4, -0.2) is 35.3 Å². The van der Waals surface area contributed by atoms with Gasteiger partial charge in [-0.2, -0.15) is 0 Å². The number of nitrogens with zero attached hydrogens (tertiary/aromatic N) is 1. The summed E-state index contributed by atoms with van der Waals surface area (Å²) in [6.45, 7) is 9.07. The fourth-order valence-corrected chi connectivity index (χ4v) is 3.68. The number of carbonyl (C=O) groups is 2. The molecule has 1 heterocycles. The zero-order chi connectivity index (χ0) is 18.6. The summed E-state index contributed by atoms with van der Waals surface area (Å²) in [6.07, 6.45) is 1.09. The molecule has 3 atom stereocenters. The van der Waals surface area contributed by atoms with E-state index in [4.69, 9.17) is 5.73 Å². The molecule has 0 saturated carbocycles. The highest BCUT2D eigenvalue weighted by Gasteiger charge is 2.39. The molecule has 0 radical (unpaired) electrons. The van der Waals surface area contributed by atoms with Crippen LogP contribution >= 0.6 is 12.4 Å². The average molecular weight is 382 g/mol. The Balaban J connectivity index is 0.00000338. The van der Waals surface area contributed by atoms with Gasteiger partial charge in [-0.15, -0.1) is 12.4 Å². The van der Waals surface area contributed by atoms with Gasteiger partial charge in [-0.3, -0.25) is 9.59 Å². The van der Waals surface area contributed by atoms with Gasteiger partial charge in [-0.1, -0.05) is 44.2 Å². The van der Waals surface area contributed by atoms with E-state index >= 15 is 0 Å². The second-order valence-corrected chi connectivity index (χ2v) is 7.89. The SMILES string of the molecule is CC(C)CC(C)(CN)NC(=O)C1CC(=O)N(C(C)c2ccccc2)C1.Cl. The molecular formula is C20H32ClN3O2. The number of nitrogens with one attached hydrogen (secondary N) is 1. The summed E-state index contributed by atoms with van der Waals surface area (Å²) in [5.74, 6) is 0.102. The summed E-state index contributed by atoms with van der Waals surface area (Å²) in [7, 11) is 0. The van der Waals surface area contributed by atoms with Crippen LogP contribution in [0.2, 0.25) is 0 Å². The van der Waals surface area contributed by atoms with Crippen molar-refractivity contribution >= 4 is 24.2 Å². The highest BCUT2D eigenvalue weighted by molar-refractivity contribution is 5.89. The first-order valence-corrected chi connectivity index (χ1v) is 9.12. The number of rotatable bonds is 7. The van der Waals surface area contributed by atoms with Crippen molar-refractivity contribution in [2.75, 3.05) is 13.1 Å². The van der Waals surface area contributed by atoms with Crippen molar-refractivity contribution in [3.63, 3.8) is 0 Å². The minimum absolute atomic E-state index is 0. The summed E-state index contributed by atoms with van der Waals surface area (Å²) in [5, 5.41) is 3.09. The first-order chi connectivity index (χ1) is 11.8. The molecule has 0 aliphatic carbocycles. The number of hydrogen-bond acceptors (Lipinski definition) is 3. The second-order valence-electron chi connectivity index (χ2n) is 7.89. The van der Waals surface area contributed by atoms with Crippen LogP contribution in [0.5, 0.6) is 0 Å². The third-order valence-electron chi connectivity index (χ3n) is 5.01. The zero-order valence-corrected chi connectivity index (χ0v) is 17.0. The van der Waals surface area contributed by atoms with Gasteiger partial charge in [-0.25, -0.2) is 0 Å². The Morgan fingerprint density at radius 3 is 2.46 bits per heavy atom. The molecule has 6 heteroatoms. The second kappa shape index (κ2) is 9.38. The van der Waals surface area contributed by atoms with Crippen molar-refractivity contribution in [3.05, 3.63) is 35.9 Å². The maximum absolute atomic E-state index is 12.7. The van der Waals surface area contributed by atoms with Gasteiger partial charge in [0, 0.05) is 25.0 Å². The van der Waals surface area contributed by atoms with Crippen LogP contribution in [0.25, 0.3) is 0 Å². The van der Waals surface area contributed by atoms with Crippen molar-refractivity contribution in [1.29, 1.82) is 0 Å². The molecule has 2 amide bonds. The first kappa shape index (κ1) is 22.5. The minimum Gasteiger partial charge on any atom is -0.349 e. The first-order valence-electron chi connectivity index (χ1n) is 9.12. The van der Waals surface area contributed by atoms with E-state index in [2.05, 4.69) is 19.2 Å². The van der Waals surface area contributed by atoms with E-state index in [-0.39, 0.29) is 42.6 Å². The molecule has 26 heavy (non-hydrogen) atoms. The van der Waals surface area contributed by atoms with Crippen molar-refractivity contribution < 1.29 is 9.59 Å². The monoisotopic (exact) mass is 381 g/mol. The van der Waals surface area contributed by atoms with E-state index in [1.807, 2.05) is 49.1 Å². The highest BCUT2D eigenvalue weighted by atomic mass is 35.5. The average Bonchev–Trinajstić information content (AvgIpc) is 2.96. The number of amides is 2. The lowest BCUT2D eigenvalue weighted by atomic mass is 9.90. The summed E-state index contributed by atoms with van der Waals surface area (Å²) in [4.78, 5) is 27.0. The minimum atomic E-state index is -0.424. The van der Waals surface area contributed by atoms with Crippen LogP contribution in [0.3, 0.4) is 0 Å². The predicted molar refractivity (Wildman–Crippen MR) is 107 cm³/mol. The summed E-state index contributed by atoms with van der Waals surface area (Å²) in [5.41, 5.74) is 6.55. The quantitative estimate of drug-likeness (QED) is 0.762. The van der Waals surface area contributed by atoms with Gasteiger partial charge in [-0.05, 0) is 31.7 Å². The van der Waals surface area contributed by atoms with Crippen molar-refractivity contribution in [2.24, 2.45) is 17.6 Å². The smallest absolute Gasteiger partial charge is 0.225 e. The lowest BCUT2D eigenvalue weighted by Crippen LogP contribution is -2.54. The predicted octanol–water partition coefficient (Wildman–Crippen LogP) is 2.90. The van der Waals surface area contributed by atoms with E-state index in [0.717, 1.165) is 12.0 Å².